The lowest BCUT2D eigenvalue weighted by Gasteiger charge is -2.14. The molecular weight excluding hydrogens is 390 g/mol. The van der Waals surface area contributed by atoms with Gasteiger partial charge in [0.25, 0.3) is 0 Å². The zero-order valence-corrected chi connectivity index (χ0v) is 15.6. The Balaban J connectivity index is 1.60. The van der Waals surface area contributed by atoms with Crippen LogP contribution in [0.2, 0.25) is 0 Å². The van der Waals surface area contributed by atoms with E-state index in [9.17, 15) is 8.42 Å². The third-order valence-corrected chi connectivity index (χ3v) is 5.79. The van der Waals surface area contributed by atoms with E-state index in [0.29, 0.717) is 11.8 Å². The van der Waals surface area contributed by atoms with Gasteiger partial charge in [-0.1, -0.05) is 28.1 Å². The lowest BCUT2D eigenvalue weighted by molar-refractivity contribution is 0.210. The maximum absolute atomic E-state index is 12.3. The van der Waals surface area contributed by atoms with Crippen LogP contribution in [0.1, 0.15) is 31.2 Å². The van der Waals surface area contributed by atoms with Crippen molar-refractivity contribution in [2.75, 3.05) is 4.72 Å². The van der Waals surface area contributed by atoms with Crippen molar-refractivity contribution in [1.82, 2.24) is 0 Å². The Morgan fingerprint density at radius 3 is 2.25 bits per heavy atom. The van der Waals surface area contributed by atoms with Crippen molar-refractivity contribution < 1.29 is 13.2 Å². The molecule has 0 aliphatic heterocycles. The highest BCUT2D eigenvalue weighted by atomic mass is 79.9. The molecule has 2 aromatic carbocycles. The number of halogens is 1. The summed E-state index contributed by atoms with van der Waals surface area (Å²) in [5.74, 6) is 0.735. The number of nitrogens with one attached hydrogen (secondary N) is 1. The average Bonchev–Trinajstić information content (AvgIpc) is 3.04. The van der Waals surface area contributed by atoms with Gasteiger partial charge in [-0.25, -0.2) is 8.42 Å². The van der Waals surface area contributed by atoms with E-state index in [-0.39, 0.29) is 5.75 Å². The van der Waals surface area contributed by atoms with Crippen molar-refractivity contribution in [2.45, 2.75) is 37.5 Å². The molecule has 4 nitrogen and oxygen atoms in total. The SMILES string of the molecule is O=S(=O)(Cc1ccc(Br)cc1)Nc1ccc(OC2CCCC2)cc1. The number of anilines is 1. The maximum Gasteiger partial charge on any atom is 0.236 e. The predicted molar refractivity (Wildman–Crippen MR) is 99.7 cm³/mol. The molecule has 0 atom stereocenters. The summed E-state index contributed by atoms with van der Waals surface area (Å²) in [6, 6.07) is 14.4. The number of hydrogen-bond acceptors (Lipinski definition) is 3. The molecule has 0 amide bonds. The largest absolute Gasteiger partial charge is 0.490 e. The van der Waals surface area contributed by atoms with Crippen molar-refractivity contribution in [3.63, 3.8) is 0 Å². The summed E-state index contributed by atoms with van der Waals surface area (Å²) in [5.41, 5.74) is 1.29. The van der Waals surface area contributed by atoms with Crippen LogP contribution in [0.4, 0.5) is 5.69 Å². The first-order chi connectivity index (χ1) is 11.5. The highest BCUT2D eigenvalue weighted by Gasteiger charge is 2.16. The van der Waals surface area contributed by atoms with Gasteiger partial charge in [-0.15, -0.1) is 0 Å². The molecule has 0 aromatic heterocycles. The minimum absolute atomic E-state index is 0.0550. The zero-order valence-electron chi connectivity index (χ0n) is 13.2. The van der Waals surface area contributed by atoms with Crippen LogP contribution in [0, 0.1) is 0 Å². The van der Waals surface area contributed by atoms with Gasteiger partial charge in [0.05, 0.1) is 11.9 Å². The van der Waals surface area contributed by atoms with Crippen LogP contribution in [0.5, 0.6) is 5.75 Å². The van der Waals surface area contributed by atoms with Gasteiger partial charge in [0.1, 0.15) is 5.75 Å². The topological polar surface area (TPSA) is 55.4 Å². The van der Waals surface area contributed by atoms with Crippen LogP contribution in [0.25, 0.3) is 0 Å². The highest BCUT2D eigenvalue weighted by Crippen LogP contribution is 2.25. The summed E-state index contributed by atoms with van der Waals surface area (Å²) < 4.78 is 33.9. The van der Waals surface area contributed by atoms with Crippen molar-refractivity contribution >= 4 is 31.6 Å². The lowest BCUT2D eigenvalue weighted by Crippen LogP contribution is -2.15. The van der Waals surface area contributed by atoms with Gasteiger partial charge in [0, 0.05) is 10.2 Å². The molecular formula is C18H20BrNO3S. The average molecular weight is 410 g/mol. The van der Waals surface area contributed by atoms with Gasteiger partial charge in [0.2, 0.25) is 10.0 Å². The van der Waals surface area contributed by atoms with Crippen LogP contribution in [0.3, 0.4) is 0 Å². The molecule has 0 radical (unpaired) electrons. The summed E-state index contributed by atoms with van der Waals surface area (Å²) in [5, 5.41) is 0. The minimum atomic E-state index is -3.44. The number of hydrogen-bond donors (Lipinski definition) is 1. The van der Waals surface area contributed by atoms with E-state index in [1.54, 1.807) is 24.3 Å². The van der Waals surface area contributed by atoms with Crippen molar-refractivity contribution in [1.29, 1.82) is 0 Å². The smallest absolute Gasteiger partial charge is 0.236 e. The lowest BCUT2D eigenvalue weighted by atomic mass is 10.2. The molecule has 1 saturated carbocycles. The summed E-state index contributed by atoms with van der Waals surface area (Å²) in [7, 11) is -3.44. The van der Waals surface area contributed by atoms with Crippen LogP contribution in [-0.2, 0) is 15.8 Å². The first-order valence-electron chi connectivity index (χ1n) is 8.02. The maximum atomic E-state index is 12.3. The molecule has 0 unspecified atom stereocenters. The summed E-state index contributed by atoms with van der Waals surface area (Å²) in [4.78, 5) is 0. The van der Waals surface area contributed by atoms with E-state index < -0.39 is 10.0 Å². The molecule has 1 aliphatic carbocycles. The highest BCUT2D eigenvalue weighted by molar-refractivity contribution is 9.10. The number of sulfonamides is 1. The second kappa shape index (κ2) is 7.57. The Labute approximate surface area is 151 Å². The molecule has 3 rings (SSSR count). The van der Waals surface area contributed by atoms with Crippen molar-refractivity contribution in [3.8, 4) is 5.75 Å². The molecule has 0 spiro atoms. The fourth-order valence-corrected chi connectivity index (χ4v) is 4.28. The van der Waals surface area contributed by atoms with Crippen molar-refractivity contribution in [3.05, 3.63) is 58.6 Å². The van der Waals surface area contributed by atoms with E-state index >= 15 is 0 Å². The Bertz CT molecular complexity index is 767. The van der Waals surface area contributed by atoms with E-state index in [1.807, 2.05) is 24.3 Å². The summed E-state index contributed by atoms with van der Waals surface area (Å²) >= 11 is 3.34. The van der Waals surface area contributed by atoms with E-state index in [2.05, 4.69) is 20.7 Å². The molecule has 0 saturated heterocycles. The Hall–Kier alpha value is -1.53. The summed E-state index contributed by atoms with van der Waals surface area (Å²) in [6.07, 6.45) is 4.94. The molecule has 24 heavy (non-hydrogen) atoms. The van der Waals surface area contributed by atoms with Crippen LogP contribution in [0.15, 0.2) is 53.0 Å². The number of rotatable bonds is 6. The quantitative estimate of drug-likeness (QED) is 0.750. The van der Waals surface area contributed by atoms with Crippen LogP contribution in [-0.4, -0.2) is 14.5 Å². The van der Waals surface area contributed by atoms with E-state index in [1.165, 1.54) is 12.8 Å². The molecule has 0 bridgehead atoms. The van der Waals surface area contributed by atoms with Gasteiger partial charge in [-0.05, 0) is 67.6 Å². The van der Waals surface area contributed by atoms with Crippen LogP contribution < -0.4 is 9.46 Å². The van der Waals surface area contributed by atoms with Crippen molar-refractivity contribution in [2.24, 2.45) is 0 Å². The second-order valence-electron chi connectivity index (χ2n) is 6.04. The fraction of sp³-hybridized carbons (Fsp3) is 0.333. The first kappa shape index (κ1) is 17.3. The third-order valence-electron chi connectivity index (χ3n) is 4.00. The van der Waals surface area contributed by atoms with Gasteiger partial charge >= 0.3 is 0 Å². The van der Waals surface area contributed by atoms with Gasteiger partial charge in [0.15, 0.2) is 0 Å². The second-order valence-corrected chi connectivity index (χ2v) is 8.67. The zero-order chi connectivity index (χ0) is 17.0. The Kier molecular flexibility index (Phi) is 5.46. The Morgan fingerprint density at radius 1 is 1.00 bits per heavy atom. The van der Waals surface area contributed by atoms with Crippen LogP contribution >= 0.6 is 15.9 Å². The molecule has 128 valence electrons. The van der Waals surface area contributed by atoms with Gasteiger partial charge in [-0.3, -0.25) is 4.72 Å². The van der Waals surface area contributed by atoms with Gasteiger partial charge < -0.3 is 4.74 Å². The molecule has 6 heteroatoms. The molecule has 1 fully saturated rings. The molecule has 1 N–H and O–H groups in total. The van der Waals surface area contributed by atoms with E-state index in [0.717, 1.165) is 28.6 Å². The number of ether oxygens (including phenoxy) is 1. The summed E-state index contributed by atoms with van der Waals surface area (Å²) in [6.45, 7) is 0. The predicted octanol–water partition coefficient (Wildman–Crippen LogP) is 4.71. The first-order valence-corrected chi connectivity index (χ1v) is 10.5. The molecule has 1 aliphatic rings. The monoisotopic (exact) mass is 409 g/mol. The standard InChI is InChI=1S/C18H20BrNO3S/c19-15-7-5-14(6-8-15)13-24(21,22)20-16-9-11-18(12-10-16)23-17-3-1-2-4-17/h5-12,17,20H,1-4,13H2. The van der Waals surface area contributed by atoms with Gasteiger partial charge in [-0.2, -0.15) is 0 Å². The number of benzene rings is 2. The molecule has 2 aromatic rings. The normalized spacial score (nSPS) is 15.4. The Morgan fingerprint density at radius 2 is 1.62 bits per heavy atom. The van der Waals surface area contributed by atoms with E-state index in [4.69, 9.17) is 4.74 Å². The third kappa shape index (κ3) is 4.98. The molecule has 0 heterocycles. The minimum Gasteiger partial charge on any atom is -0.490 e. The fourth-order valence-electron chi connectivity index (χ4n) is 2.82.